The minimum atomic E-state index is 0.126. The van der Waals surface area contributed by atoms with Crippen LogP contribution in [0.5, 0.6) is 0 Å². The van der Waals surface area contributed by atoms with E-state index >= 15 is 0 Å². The van der Waals surface area contributed by atoms with E-state index in [0.717, 1.165) is 17.8 Å². The maximum atomic E-state index is 10.4. The number of aliphatic hydroxyl groups excluding tert-OH is 1. The van der Waals surface area contributed by atoms with Gasteiger partial charge in [0.2, 0.25) is 0 Å². The molecule has 1 aromatic rings. The van der Waals surface area contributed by atoms with Crippen LogP contribution in [0.4, 0.5) is 11.4 Å². The van der Waals surface area contributed by atoms with Crippen LogP contribution in [0.25, 0.3) is 0 Å². The first-order chi connectivity index (χ1) is 7.22. The lowest BCUT2D eigenvalue weighted by molar-refractivity contribution is 0.302. The molecule has 1 N–H and O–H groups in total. The molecule has 0 bridgehead atoms. The molecule has 1 rings (SSSR count). The maximum Gasteiger partial charge on any atom is 0.111 e. The predicted octanol–water partition coefficient (Wildman–Crippen LogP) is 2.21. The lowest BCUT2D eigenvalue weighted by atomic mass is 10.1. The number of aryl methyl sites for hydroxylation is 1. The van der Waals surface area contributed by atoms with E-state index in [1.165, 1.54) is 0 Å². The third-order valence-corrected chi connectivity index (χ3v) is 2.40. The average molecular weight is 208 g/mol. The van der Waals surface area contributed by atoms with E-state index in [0.29, 0.717) is 12.2 Å². The Morgan fingerprint density at radius 1 is 1.47 bits per heavy atom. The first-order valence-electron chi connectivity index (χ1n) is 5.02. The van der Waals surface area contributed by atoms with E-state index in [2.05, 4.69) is 5.18 Å². The summed E-state index contributed by atoms with van der Waals surface area (Å²) in [6.45, 7) is 5.43. The molecule has 0 amide bonds. The number of hydrogen-bond acceptors (Lipinski definition) is 4. The standard InChI is InChI=1S/C11H16N2O2/c1-3-13(6-7-14)10-4-5-11(12-15)9(2)8-10/h4-5,8,14H,3,6-7H2,1-2H3. The Morgan fingerprint density at radius 2 is 2.20 bits per heavy atom. The number of likely N-dealkylation sites (N-methyl/N-ethyl adjacent to an activating group) is 1. The van der Waals surface area contributed by atoms with Crippen LogP contribution in [0.15, 0.2) is 23.4 Å². The number of rotatable bonds is 5. The third kappa shape index (κ3) is 2.76. The fourth-order valence-electron chi connectivity index (χ4n) is 1.53. The molecule has 0 aliphatic heterocycles. The Bertz CT molecular complexity index is 339. The summed E-state index contributed by atoms with van der Waals surface area (Å²) >= 11 is 0. The van der Waals surface area contributed by atoms with Gasteiger partial charge in [0.25, 0.3) is 0 Å². The van der Waals surface area contributed by atoms with Crippen LogP contribution in [-0.4, -0.2) is 24.8 Å². The Labute approximate surface area is 89.5 Å². The van der Waals surface area contributed by atoms with Gasteiger partial charge in [0, 0.05) is 18.8 Å². The fourth-order valence-corrected chi connectivity index (χ4v) is 1.53. The van der Waals surface area contributed by atoms with E-state index in [1.807, 2.05) is 30.9 Å². The van der Waals surface area contributed by atoms with Gasteiger partial charge in [0.15, 0.2) is 0 Å². The van der Waals surface area contributed by atoms with Crippen molar-refractivity contribution in [1.82, 2.24) is 0 Å². The van der Waals surface area contributed by atoms with Crippen LogP contribution in [0.1, 0.15) is 12.5 Å². The molecule has 4 nitrogen and oxygen atoms in total. The number of benzene rings is 1. The molecule has 0 saturated carbocycles. The summed E-state index contributed by atoms with van der Waals surface area (Å²) in [7, 11) is 0. The Kier molecular flexibility index (Phi) is 4.24. The number of aliphatic hydroxyl groups is 1. The van der Waals surface area contributed by atoms with Crippen molar-refractivity contribution in [2.45, 2.75) is 13.8 Å². The summed E-state index contributed by atoms with van der Waals surface area (Å²) < 4.78 is 0. The van der Waals surface area contributed by atoms with Crippen LogP contribution in [0.3, 0.4) is 0 Å². The molecule has 15 heavy (non-hydrogen) atoms. The molecule has 0 atom stereocenters. The molecule has 0 fully saturated rings. The zero-order valence-corrected chi connectivity index (χ0v) is 9.10. The van der Waals surface area contributed by atoms with Crippen molar-refractivity contribution in [3.8, 4) is 0 Å². The van der Waals surface area contributed by atoms with Crippen molar-refractivity contribution in [3.63, 3.8) is 0 Å². The van der Waals surface area contributed by atoms with Gasteiger partial charge in [-0.2, -0.15) is 0 Å². The van der Waals surface area contributed by atoms with Gasteiger partial charge < -0.3 is 10.0 Å². The Hall–Kier alpha value is -1.42. The molecule has 0 unspecified atom stereocenters. The lowest BCUT2D eigenvalue weighted by Crippen LogP contribution is -2.26. The highest BCUT2D eigenvalue weighted by Crippen LogP contribution is 2.24. The van der Waals surface area contributed by atoms with Gasteiger partial charge in [-0.1, -0.05) is 0 Å². The summed E-state index contributed by atoms with van der Waals surface area (Å²) in [6.07, 6.45) is 0. The predicted molar refractivity (Wildman–Crippen MR) is 61.6 cm³/mol. The van der Waals surface area contributed by atoms with Crippen LogP contribution in [0.2, 0.25) is 0 Å². The van der Waals surface area contributed by atoms with Crippen molar-refractivity contribution in [1.29, 1.82) is 0 Å². The first kappa shape index (κ1) is 11.7. The highest BCUT2D eigenvalue weighted by molar-refractivity contribution is 5.57. The van der Waals surface area contributed by atoms with Gasteiger partial charge in [-0.05, 0) is 42.8 Å². The molecule has 4 heteroatoms. The molecule has 0 aromatic heterocycles. The lowest BCUT2D eigenvalue weighted by Gasteiger charge is -2.22. The fraction of sp³-hybridized carbons (Fsp3) is 0.455. The molecule has 0 spiro atoms. The summed E-state index contributed by atoms with van der Waals surface area (Å²) in [6, 6.07) is 5.47. The minimum absolute atomic E-state index is 0.126. The van der Waals surface area contributed by atoms with Crippen molar-refractivity contribution in [2.24, 2.45) is 5.18 Å². The van der Waals surface area contributed by atoms with Crippen molar-refractivity contribution in [2.75, 3.05) is 24.6 Å². The molecule has 1 aromatic carbocycles. The van der Waals surface area contributed by atoms with Crippen molar-refractivity contribution >= 4 is 11.4 Å². The second-order valence-corrected chi connectivity index (χ2v) is 3.37. The molecule has 82 valence electrons. The van der Waals surface area contributed by atoms with E-state index in [1.54, 1.807) is 6.07 Å². The van der Waals surface area contributed by atoms with Crippen LogP contribution in [0, 0.1) is 11.8 Å². The zero-order valence-electron chi connectivity index (χ0n) is 9.10. The van der Waals surface area contributed by atoms with Gasteiger partial charge in [0.1, 0.15) is 5.69 Å². The molecule has 0 radical (unpaired) electrons. The van der Waals surface area contributed by atoms with Crippen LogP contribution < -0.4 is 4.90 Å². The number of hydrogen-bond donors (Lipinski definition) is 1. The smallest absolute Gasteiger partial charge is 0.111 e. The van der Waals surface area contributed by atoms with Gasteiger partial charge >= 0.3 is 0 Å². The quantitative estimate of drug-likeness (QED) is 0.755. The molecular formula is C11H16N2O2. The molecule has 0 saturated heterocycles. The molecule has 0 aliphatic rings. The Balaban J connectivity index is 2.94. The van der Waals surface area contributed by atoms with E-state index in [-0.39, 0.29) is 6.61 Å². The van der Waals surface area contributed by atoms with Gasteiger partial charge in [-0.3, -0.25) is 0 Å². The second-order valence-electron chi connectivity index (χ2n) is 3.37. The maximum absolute atomic E-state index is 10.4. The highest BCUT2D eigenvalue weighted by Gasteiger charge is 2.05. The normalized spacial score (nSPS) is 10.1. The van der Waals surface area contributed by atoms with Crippen LogP contribution in [-0.2, 0) is 0 Å². The van der Waals surface area contributed by atoms with E-state index < -0.39 is 0 Å². The van der Waals surface area contributed by atoms with Crippen LogP contribution >= 0.6 is 0 Å². The summed E-state index contributed by atoms with van der Waals surface area (Å²) in [5.74, 6) is 0. The topological polar surface area (TPSA) is 52.9 Å². The highest BCUT2D eigenvalue weighted by atomic mass is 16.3. The van der Waals surface area contributed by atoms with Crippen molar-refractivity contribution in [3.05, 3.63) is 28.7 Å². The van der Waals surface area contributed by atoms with E-state index in [9.17, 15) is 4.91 Å². The third-order valence-electron chi connectivity index (χ3n) is 2.40. The summed E-state index contributed by atoms with van der Waals surface area (Å²) in [5.41, 5.74) is 2.34. The second kappa shape index (κ2) is 5.46. The number of nitroso groups, excluding NO2 is 1. The average Bonchev–Trinajstić information content (AvgIpc) is 2.25. The van der Waals surface area contributed by atoms with E-state index in [4.69, 9.17) is 5.11 Å². The minimum Gasteiger partial charge on any atom is -0.395 e. The summed E-state index contributed by atoms with van der Waals surface area (Å²) in [5, 5.41) is 11.8. The summed E-state index contributed by atoms with van der Waals surface area (Å²) in [4.78, 5) is 12.4. The molecular weight excluding hydrogens is 192 g/mol. The monoisotopic (exact) mass is 208 g/mol. The largest absolute Gasteiger partial charge is 0.395 e. The molecule has 0 aliphatic carbocycles. The number of anilines is 1. The van der Waals surface area contributed by atoms with Gasteiger partial charge in [0.05, 0.1) is 6.61 Å². The SMILES string of the molecule is CCN(CCO)c1ccc(N=O)c(C)c1. The Morgan fingerprint density at radius 3 is 2.67 bits per heavy atom. The molecule has 0 heterocycles. The van der Waals surface area contributed by atoms with Gasteiger partial charge in [-0.25, -0.2) is 0 Å². The zero-order chi connectivity index (χ0) is 11.3. The number of nitrogens with zero attached hydrogens (tertiary/aromatic N) is 2. The first-order valence-corrected chi connectivity index (χ1v) is 5.02. The van der Waals surface area contributed by atoms with Gasteiger partial charge in [-0.15, -0.1) is 4.91 Å². The van der Waals surface area contributed by atoms with Crippen molar-refractivity contribution < 1.29 is 5.11 Å².